The fraction of sp³-hybridized carbons (Fsp3) is 0.800. The molecule has 0 saturated heterocycles. The SMILES string of the molecule is CCCCC/C=C\C/C=C\CCCCCCCCCC(=O)OC(COC(=O)CCCCCCCCC)COC(=O)CCCCCCCCCCCCCCCC/C=C\C/C=C\C/C=C\CCCCCCC. The molecule has 0 aliphatic carbocycles. The second kappa shape index (κ2) is 59.7. The minimum absolute atomic E-state index is 0.0753. The number of hydrogen-bond donors (Lipinski definition) is 0. The summed E-state index contributed by atoms with van der Waals surface area (Å²) in [6.45, 7) is 6.58. The van der Waals surface area contributed by atoms with Gasteiger partial charge in [-0.25, -0.2) is 0 Å². The van der Waals surface area contributed by atoms with Crippen LogP contribution < -0.4 is 0 Å². The third-order valence-corrected chi connectivity index (χ3v) is 13.5. The first-order valence-electron chi connectivity index (χ1n) is 30.8. The van der Waals surface area contributed by atoms with E-state index >= 15 is 0 Å². The molecular formula is C65H116O6. The van der Waals surface area contributed by atoms with Crippen LogP contribution in [0, 0.1) is 0 Å². The Balaban J connectivity index is 4.09. The van der Waals surface area contributed by atoms with Crippen molar-refractivity contribution in [1.82, 2.24) is 0 Å². The van der Waals surface area contributed by atoms with Crippen molar-refractivity contribution in [3.63, 3.8) is 0 Å². The summed E-state index contributed by atoms with van der Waals surface area (Å²) in [6, 6.07) is 0. The van der Waals surface area contributed by atoms with Gasteiger partial charge in [-0.15, -0.1) is 0 Å². The molecule has 412 valence electrons. The molecule has 71 heavy (non-hydrogen) atoms. The van der Waals surface area contributed by atoms with Gasteiger partial charge in [0.25, 0.3) is 0 Å². The molecule has 0 rings (SSSR count). The van der Waals surface area contributed by atoms with E-state index in [1.54, 1.807) is 0 Å². The molecule has 6 heteroatoms. The van der Waals surface area contributed by atoms with Crippen molar-refractivity contribution in [2.75, 3.05) is 13.2 Å². The lowest BCUT2D eigenvalue weighted by Gasteiger charge is -2.18. The van der Waals surface area contributed by atoms with E-state index in [1.807, 2.05) is 0 Å². The number of hydrogen-bond acceptors (Lipinski definition) is 6. The lowest BCUT2D eigenvalue weighted by Crippen LogP contribution is -2.30. The smallest absolute Gasteiger partial charge is 0.306 e. The standard InChI is InChI=1S/C65H116O6/c1-4-7-10-13-16-18-20-22-24-26-27-28-29-30-31-32-33-34-35-36-37-39-40-42-44-46-49-52-55-58-64(67)70-61-62(60-69-63(66)57-54-51-48-15-12-9-6-3)71-65(68)59-56-53-50-47-45-43-41-38-25-23-21-19-17-14-11-8-5-2/h17,19-20,22-23,25-27,29-30,62H,4-16,18,21,24,28,31-61H2,1-3H3/b19-17-,22-20-,25-23-,27-26-,30-29-. The van der Waals surface area contributed by atoms with E-state index in [-0.39, 0.29) is 31.1 Å². The molecule has 6 nitrogen and oxygen atoms in total. The molecule has 0 amide bonds. The van der Waals surface area contributed by atoms with E-state index in [0.717, 1.165) is 83.5 Å². The van der Waals surface area contributed by atoms with Crippen LogP contribution in [0.4, 0.5) is 0 Å². The zero-order valence-corrected chi connectivity index (χ0v) is 47.2. The molecule has 0 aromatic heterocycles. The number of allylic oxidation sites excluding steroid dienone is 10. The van der Waals surface area contributed by atoms with E-state index in [0.29, 0.717) is 19.3 Å². The molecule has 0 aliphatic heterocycles. The molecular weight excluding hydrogens is 877 g/mol. The number of carbonyl (C=O) groups is 3. The number of unbranched alkanes of at least 4 members (excludes halogenated alkanes) is 35. The normalized spacial score (nSPS) is 12.4. The maximum absolute atomic E-state index is 12.8. The maximum Gasteiger partial charge on any atom is 0.306 e. The molecule has 0 fully saturated rings. The van der Waals surface area contributed by atoms with Crippen molar-refractivity contribution in [3.05, 3.63) is 60.8 Å². The van der Waals surface area contributed by atoms with E-state index in [2.05, 4.69) is 81.5 Å². The molecule has 0 N–H and O–H groups in total. The first-order chi connectivity index (χ1) is 35.0. The average molecular weight is 994 g/mol. The number of carbonyl (C=O) groups excluding carboxylic acids is 3. The van der Waals surface area contributed by atoms with Gasteiger partial charge in [0.2, 0.25) is 0 Å². The summed E-state index contributed by atoms with van der Waals surface area (Å²) < 4.78 is 16.8. The van der Waals surface area contributed by atoms with Crippen LogP contribution in [-0.4, -0.2) is 37.2 Å². The minimum Gasteiger partial charge on any atom is -0.462 e. The van der Waals surface area contributed by atoms with Crippen LogP contribution in [0.2, 0.25) is 0 Å². The first-order valence-corrected chi connectivity index (χ1v) is 30.8. The molecule has 0 spiro atoms. The van der Waals surface area contributed by atoms with Gasteiger partial charge in [-0.2, -0.15) is 0 Å². The molecule has 0 aliphatic rings. The monoisotopic (exact) mass is 993 g/mol. The predicted octanol–water partition coefficient (Wildman–Crippen LogP) is 20.8. The summed E-state index contributed by atoms with van der Waals surface area (Å²) in [5, 5.41) is 0. The Morgan fingerprint density at radius 3 is 0.817 bits per heavy atom. The molecule has 0 aromatic carbocycles. The highest BCUT2D eigenvalue weighted by Crippen LogP contribution is 2.16. The van der Waals surface area contributed by atoms with Gasteiger partial charge in [0.1, 0.15) is 13.2 Å². The van der Waals surface area contributed by atoms with Crippen LogP contribution in [0.5, 0.6) is 0 Å². The van der Waals surface area contributed by atoms with Crippen LogP contribution in [0.25, 0.3) is 0 Å². The third-order valence-electron chi connectivity index (χ3n) is 13.5. The fourth-order valence-electron chi connectivity index (χ4n) is 8.83. The summed E-state index contributed by atoms with van der Waals surface area (Å²) in [6.07, 6.45) is 75.3. The first kappa shape index (κ1) is 68.1. The van der Waals surface area contributed by atoms with Gasteiger partial charge in [0.05, 0.1) is 0 Å². The van der Waals surface area contributed by atoms with Crippen molar-refractivity contribution in [3.8, 4) is 0 Å². The Labute approximate surface area is 440 Å². The van der Waals surface area contributed by atoms with Gasteiger partial charge in [0.15, 0.2) is 6.10 Å². The van der Waals surface area contributed by atoms with Gasteiger partial charge in [-0.1, -0.05) is 268 Å². The lowest BCUT2D eigenvalue weighted by atomic mass is 10.0. The van der Waals surface area contributed by atoms with E-state index in [1.165, 1.54) is 193 Å². The quantitative estimate of drug-likeness (QED) is 0.0261. The molecule has 1 unspecified atom stereocenters. The Hall–Kier alpha value is -2.89. The number of esters is 3. The Bertz CT molecular complexity index is 1280. The fourth-order valence-corrected chi connectivity index (χ4v) is 8.83. The summed E-state index contributed by atoms with van der Waals surface area (Å²) >= 11 is 0. The molecule has 0 saturated carbocycles. The van der Waals surface area contributed by atoms with E-state index in [4.69, 9.17) is 14.2 Å². The Morgan fingerprint density at radius 1 is 0.282 bits per heavy atom. The maximum atomic E-state index is 12.8. The molecule has 0 bridgehead atoms. The van der Waals surface area contributed by atoms with Crippen molar-refractivity contribution < 1.29 is 28.6 Å². The molecule has 0 heterocycles. The Kier molecular flexibility index (Phi) is 57.2. The van der Waals surface area contributed by atoms with E-state index < -0.39 is 6.10 Å². The third kappa shape index (κ3) is 57.9. The molecule has 0 radical (unpaired) electrons. The van der Waals surface area contributed by atoms with Gasteiger partial charge in [-0.05, 0) is 89.9 Å². The highest BCUT2D eigenvalue weighted by Gasteiger charge is 2.19. The van der Waals surface area contributed by atoms with Crippen molar-refractivity contribution >= 4 is 17.9 Å². The number of ether oxygens (including phenoxy) is 3. The van der Waals surface area contributed by atoms with E-state index in [9.17, 15) is 14.4 Å². The van der Waals surface area contributed by atoms with Crippen molar-refractivity contribution in [1.29, 1.82) is 0 Å². The van der Waals surface area contributed by atoms with Crippen LogP contribution in [-0.2, 0) is 28.6 Å². The zero-order valence-electron chi connectivity index (χ0n) is 47.2. The minimum atomic E-state index is -0.775. The summed E-state index contributed by atoms with van der Waals surface area (Å²) in [5.41, 5.74) is 0. The number of rotatable bonds is 56. The molecule has 1 atom stereocenters. The average Bonchev–Trinajstić information content (AvgIpc) is 3.37. The van der Waals surface area contributed by atoms with Gasteiger partial charge in [0, 0.05) is 19.3 Å². The van der Waals surface area contributed by atoms with Crippen LogP contribution >= 0.6 is 0 Å². The van der Waals surface area contributed by atoms with Gasteiger partial charge in [-0.3, -0.25) is 14.4 Å². The summed E-state index contributed by atoms with van der Waals surface area (Å²) in [5.74, 6) is -0.878. The second-order valence-corrected chi connectivity index (χ2v) is 20.6. The van der Waals surface area contributed by atoms with Gasteiger partial charge >= 0.3 is 17.9 Å². The van der Waals surface area contributed by atoms with Crippen LogP contribution in [0.15, 0.2) is 60.8 Å². The summed E-state index contributed by atoms with van der Waals surface area (Å²) in [4.78, 5) is 38.0. The van der Waals surface area contributed by atoms with Crippen molar-refractivity contribution in [2.45, 2.75) is 322 Å². The highest BCUT2D eigenvalue weighted by atomic mass is 16.6. The second-order valence-electron chi connectivity index (χ2n) is 20.6. The van der Waals surface area contributed by atoms with Crippen LogP contribution in [0.3, 0.4) is 0 Å². The van der Waals surface area contributed by atoms with Crippen LogP contribution in [0.1, 0.15) is 316 Å². The van der Waals surface area contributed by atoms with Gasteiger partial charge < -0.3 is 14.2 Å². The topological polar surface area (TPSA) is 78.9 Å². The highest BCUT2D eigenvalue weighted by molar-refractivity contribution is 5.71. The lowest BCUT2D eigenvalue weighted by molar-refractivity contribution is -0.167. The largest absolute Gasteiger partial charge is 0.462 e. The Morgan fingerprint density at radius 2 is 0.507 bits per heavy atom. The molecule has 0 aromatic rings. The van der Waals surface area contributed by atoms with Crippen molar-refractivity contribution in [2.24, 2.45) is 0 Å². The zero-order chi connectivity index (χ0) is 51.4. The summed E-state index contributed by atoms with van der Waals surface area (Å²) in [7, 11) is 0. The predicted molar refractivity (Wildman–Crippen MR) is 307 cm³/mol.